The van der Waals surface area contributed by atoms with Gasteiger partial charge in [-0.05, 0) is 60.4 Å². The van der Waals surface area contributed by atoms with Crippen molar-refractivity contribution >= 4 is 23.7 Å². The van der Waals surface area contributed by atoms with Crippen LogP contribution in [0.1, 0.15) is 48.2 Å². The topological polar surface area (TPSA) is 102 Å². The lowest BCUT2D eigenvalue weighted by atomic mass is 10.0. The molecule has 1 aromatic heterocycles. The predicted octanol–water partition coefficient (Wildman–Crippen LogP) is 4.39. The van der Waals surface area contributed by atoms with E-state index in [1.165, 1.54) is 12.4 Å². The van der Waals surface area contributed by atoms with E-state index in [9.17, 15) is 9.59 Å². The zero-order valence-corrected chi connectivity index (χ0v) is 19.4. The van der Waals surface area contributed by atoms with E-state index in [2.05, 4.69) is 34.7 Å². The van der Waals surface area contributed by atoms with Crippen molar-refractivity contribution in [1.29, 1.82) is 0 Å². The van der Waals surface area contributed by atoms with Crippen LogP contribution in [0.3, 0.4) is 0 Å². The first-order valence-corrected chi connectivity index (χ1v) is 11.0. The molecule has 0 saturated heterocycles. The van der Waals surface area contributed by atoms with Crippen LogP contribution in [-0.2, 0) is 4.79 Å². The highest BCUT2D eigenvalue weighted by atomic mass is 16.5. The van der Waals surface area contributed by atoms with E-state index in [4.69, 9.17) is 9.47 Å². The molecule has 0 atom stereocenters. The Hall–Kier alpha value is -4.20. The lowest BCUT2D eigenvalue weighted by molar-refractivity contribution is -0.118. The first-order valence-electron chi connectivity index (χ1n) is 11.0. The van der Waals surface area contributed by atoms with Crippen LogP contribution in [0.4, 0.5) is 5.69 Å². The zero-order valence-electron chi connectivity index (χ0n) is 19.4. The molecule has 0 spiro atoms. The number of pyridine rings is 1. The summed E-state index contributed by atoms with van der Waals surface area (Å²) in [7, 11) is 0. The fourth-order valence-electron chi connectivity index (χ4n) is 3.16. The van der Waals surface area contributed by atoms with Gasteiger partial charge in [-0.15, -0.1) is 0 Å². The minimum Gasteiger partial charge on any atom is -0.490 e. The Bertz CT molecular complexity index is 1150. The number of anilines is 1. The average molecular weight is 461 g/mol. The second-order valence-corrected chi connectivity index (χ2v) is 7.66. The van der Waals surface area contributed by atoms with E-state index in [-0.39, 0.29) is 24.3 Å². The second kappa shape index (κ2) is 12.2. The maximum Gasteiger partial charge on any atom is 0.272 e. The number of nitrogens with zero attached hydrogens (tertiary/aromatic N) is 2. The van der Waals surface area contributed by atoms with Gasteiger partial charge in [-0.2, -0.15) is 5.10 Å². The number of hydrazone groups is 1. The Morgan fingerprint density at radius 1 is 1.06 bits per heavy atom. The number of carbonyl (C=O) groups is 2. The number of ether oxygens (including phenoxy) is 2. The van der Waals surface area contributed by atoms with E-state index in [1.54, 1.807) is 36.5 Å². The normalized spacial score (nSPS) is 10.8. The SMILES string of the molecule is CCOc1cc(C=NNC(=O)c2cccnc2)ccc1OCC(=O)Nc1ccccc1C(C)C. The second-order valence-electron chi connectivity index (χ2n) is 7.66. The van der Waals surface area contributed by atoms with Crippen LogP contribution in [0.5, 0.6) is 11.5 Å². The van der Waals surface area contributed by atoms with Gasteiger partial charge < -0.3 is 14.8 Å². The number of para-hydroxylation sites is 1. The third kappa shape index (κ3) is 6.90. The van der Waals surface area contributed by atoms with Crippen molar-refractivity contribution in [2.75, 3.05) is 18.5 Å². The van der Waals surface area contributed by atoms with Crippen LogP contribution in [0.15, 0.2) is 72.1 Å². The van der Waals surface area contributed by atoms with E-state index < -0.39 is 0 Å². The van der Waals surface area contributed by atoms with Gasteiger partial charge in [0.25, 0.3) is 11.8 Å². The van der Waals surface area contributed by atoms with Crippen LogP contribution < -0.4 is 20.2 Å². The standard InChI is InChI=1S/C26H28N4O4/c1-4-33-24-14-19(15-28-30-26(32)20-8-7-13-27-16-20)11-12-23(24)34-17-25(31)29-22-10-6-5-9-21(22)18(2)3/h5-16,18H,4,17H2,1-3H3,(H,29,31)(H,30,32). The minimum absolute atomic E-state index is 0.166. The molecule has 0 saturated carbocycles. The van der Waals surface area contributed by atoms with Crippen LogP contribution in [0.2, 0.25) is 0 Å². The molecule has 176 valence electrons. The molecule has 2 N–H and O–H groups in total. The zero-order chi connectivity index (χ0) is 24.3. The molecule has 2 amide bonds. The number of hydrogen-bond donors (Lipinski definition) is 2. The maximum atomic E-state index is 12.5. The third-order valence-electron chi connectivity index (χ3n) is 4.79. The quantitative estimate of drug-likeness (QED) is 0.345. The van der Waals surface area contributed by atoms with Gasteiger partial charge in [-0.1, -0.05) is 32.0 Å². The molecule has 0 unspecified atom stereocenters. The van der Waals surface area contributed by atoms with Gasteiger partial charge in [0.1, 0.15) is 0 Å². The summed E-state index contributed by atoms with van der Waals surface area (Å²) in [5.41, 5.74) is 5.39. The van der Waals surface area contributed by atoms with Crippen LogP contribution in [0.25, 0.3) is 0 Å². The van der Waals surface area contributed by atoms with Gasteiger partial charge >= 0.3 is 0 Å². The molecule has 3 aromatic rings. The minimum atomic E-state index is -0.362. The number of benzene rings is 2. The van der Waals surface area contributed by atoms with Gasteiger partial charge in [-0.25, -0.2) is 5.43 Å². The van der Waals surface area contributed by atoms with E-state index in [1.807, 2.05) is 31.2 Å². The highest BCUT2D eigenvalue weighted by Crippen LogP contribution is 2.28. The summed E-state index contributed by atoms with van der Waals surface area (Å²) < 4.78 is 11.4. The molecular formula is C26H28N4O4. The number of nitrogens with one attached hydrogen (secondary N) is 2. The highest BCUT2D eigenvalue weighted by Gasteiger charge is 2.12. The largest absolute Gasteiger partial charge is 0.490 e. The lowest BCUT2D eigenvalue weighted by Crippen LogP contribution is -2.21. The summed E-state index contributed by atoms with van der Waals surface area (Å²) in [6.45, 7) is 6.26. The molecule has 0 bridgehead atoms. The summed E-state index contributed by atoms with van der Waals surface area (Å²) >= 11 is 0. The van der Waals surface area contributed by atoms with Gasteiger partial charge in [-0.3, -0.25) is 14.6 Å². The summed E-state index contributed by atoms with van der Waals surface area (Å²) in [6.07, 6.45) is 4.55. The van der Waals surface area contributed by atoms with Crippen molar-refractivity contribution in [2.45, 2.75) is 26.7 Å². The average Bonchev–Trinajstić information content (AvgIpc) is 2.84. The van der Waals surface area contributed by atoms with Crippen LogP contribution >= 0.6 is 0 Å². The predicted molar refractivity (Wildman–Crippen MR) is 132 cm³/mol. The molecule has 0 fully saturated rings. The van der Waals surface area contributed by atoms with Gasteiger partial charge in [0, 0.05) is 18.1 Å². The Morgan fingerprint density at radius 3 is 2.62 bits per heavy atom. The van der Waals surface area contributed by atoms with Gasteiger partial charge in [0.15, 0.2) is 18.1 Å². The molecule has 34 heavy (non-hydrogen) atoms. The van der Waals surface area contributed by atoms with Crippen molar-refractivity contribution in [3.05, 3.63) is 83.7 Å². The van der Waals surface area contributed by atoms with Gasteiger partial charge in [0.05, 0.1) is 18.4 Å². The molecule has 3 rings (SSSR count). The first kappa shape index (κ1) is 24.4. The van der Waals surface area contributed by atoms with Crippen molar-refractivity contribution in [3.8, 4) is 11.5 Å². The van der Waals surface area contributed by atoms with Crippen LogP contribution in [0, 0.1) is 0 Å². The smallest absolute Gasteiger partial charge is 0.272 e. The molecular weight excluding hydrogens is 432 g/mol. The van der Waals surface area contributed by atoms with E-state index >= 15 is 0 Å². The Morgan fingerprint density at radius 2 is 1.88 bits per heavy atom. The fraction of sp³-hybridized carbons (Fsp3) is 0.231. The molecule has 0 aliphatic rings. The Balaban J connectivity index is 1.61. The van der Waals surface area contributed by atoms with Crippen molar-refractivity contribution < 1.29 is 19.1 Å². The lowest BCUT2D eigenvalue weighted by Gasteiger charge is -2.15. The van der Waals surface area contributed by atoms with E-state index in [0.29, 0.717) is 29.2 Å². The summed E-state index contributed by atoms with van der Waals surface area (Å²) in [4.78, 5) is 28.4. The number of rotatable bonds is 10. The molecule has 0 aliphatic carbocycles. The first-order chi connectivity index (χ1) is 16.5. The Kier molecular flexibility index (Phi) is 8.73. The highest BCUT2D eigenvalue weighted by molar-refractivity contribution is 5.94. The number of hydrogen-bond acceptors (Lipinski definition) is 6. The molecule has 2 aromatic carbocycles. The molecule has 1 heterocycles. The molecule has 8 heteroatoms. The van der Waals surface area contributed by atoms with Gasteiger partial charge in [0.2, 0.25) is 0 Å². The number of aromatic nitrogens is 1. The molecule has 8 nitrogen and oxygen atoms in total. The van der Waals surface area contributed by atoms with Crippen molar-refractivity contribution in [1.82, 2.24) is 10.4 Å². The maximum absolute atomic E-state index is 12.5. The fourth-order valence-corrected chi connectivity index (χ4v) is 3.16. The monoisotopic (exact) mass is 460 g/mol. The van der Waals surface area contributed by atoms with Crippen LogP contribution in [-0.4, -0.2) is 36.2 Å². The van der Waals surface area contributed by atoms with E-state index in [0.717, 1.165) is 11.3 Å². The molecule has 0 radical (unpaired) electrons. The van der Waals surface area contributed by atoms with Crippen molar-refractivity contribution in [2.24, 2.45) is 5.10 Å². The number of carbonyl (C=O) groups excluding carboxylic acids is 2. The number of amides is 2. The third-order valence-corrected chi connectivity index (χ3v) is 4.79. The Labute approximate surface area is 199 Å². The summed E-state index contributed by atoms with van der Waals surface area (Å²) in [5, 5.41) is 6.89. The summed E-state index contributed by atoms with van der Waals surface area (Å²) in [5.74, 6) is 0.565. The van der Waals surface area contributed by atoms with Crippen molar-refractivity contribution in [3.63, 3.8) is 0 Å². The summed E-state index contributed by atoms with van der Waals surface area (Å²) in [6, 6.07) is 16.2. The molecule has 0 aliphatic heterocycles.